The molecule has 1 aliphatic carbocycles. The lowest BCUT2D eigenvalue weighted by molar-refractivity contribution is -0.113. The third kappa shape index (κ3) is 2.07. The molecule has 0 saturated carbocycles. The first-order valence-corrected chi connectivity index (χ1v) is 6.36. The zero-order valence-electron chi connectivity index (χ0n) is 8.09. The molecule has 1 heterocycles. The summed E-state index contributed by atoms with van der Waals surface area (Å²) >= 11 is 0. The third-order valence-corrected chi connectivity index (χ3v) is 3.94. The molecule has 15 heavy (non-hydrogen) atoms. The molecule has 0 radical (unpaired) electrons. The summed E-state index contributed by atoms with van der Waals surface area (Å²) in [6.07, 6.45) is 7.41. The number of carbonyl (C=O) groups excluding carboxylic acids is 1. The van der Waals surface area contributed by atoms with Crippen LogP contribution in [0.5, 0.6) is 0 Å². The van der Waals surface area contributed by atoms with E-state index in [-0.39, 0.29) is 11.0 Å². The summed E-state index contributed by atoms with van der Waals surface area (Å²) in [5, 5.41) is 0.950. The van der Waals surface area contributed by atoms with E-state index in [0.717, 1.165) is 30.7 Å². The van der Waals surface area contributed by atoms with Crippen molar-refractivity contribution in [1.29, 1.82) is 0 Å². The minimum absolute atomic E-state index is 0.00551. The van der Waals surface area contributed by atoms with E-state index in [0.29, 0.717) is 0 Å². The van der Waals surface area contributed by atoms with Crippen LogP contribution in [-0.4, -0.2) is 19.4 Å². The lowest BCUT2D eigenvalue weighted by atomic mass is 9.97. The Kier molecular flexibility index (Phi) is 2.56. The average molecular weight is 225 g/mol. The predicted molar refractivity (Wildman–Crippen MR) is 57.0 cm³/mol. The predicted octanol–water partition coefficient (Wildman–Crippen LogP) is 1.21. The Labute approximate surface area is 88.3 Å². The highest BCUT2D eigenvalue weighted by Gasteiger charge is 2.28. The molecule has 0 saturated heterocycles. The van der Waals surface area contributed by atoms with Crippen molar-refractivity contribution in [3.8, 4) is 0 Å². The van der Waals surface area contributed by atoms with E-state index in [1.165, 1.54) is 0 Å². The van der Waals surface area contributed by atoms with Crippen molar-refractivity contribution in [2.45, 2.75) is 19.3 Å². The van der Waals surface area contributed by atoms with Gasteiger partial charge in [-0.1, -0.05) is 12.2 Å². The van der Waals surface area contributed by atoms with Gasteiger partial charge in [0.15, 0.2) is 0 Å². The number of hydrogen-bond donors (Lipinski definition) is 0. The molecule has 1 amide bonds. The molecule has 4 nitrogen and oxygen atoms in total. The number of allylic oxidation sites excluding steroid dienone is 2. The zero-order valence-corrected chi connectivity index (χ0v) is 8.90. The van der Waals surface area contributed by atoms with E-state index in [2.05, 4.69) is 4.99 Å². The van der Waals surface area contributed by atoms with Crippen molar-refractivity contribution in [2.24, 2.45) is 10.9 Å². The molecular formula is C10H11NO3S. The largest absolute Gasteiger partial charge is 0.271 e. The molecule has 0 N–H and O–H groups in total. The van der Waals surface area contributed by atoms with Gasteiger partial charge in [-0.3, -0.25) is 4.79 Å². The molecule has 0 bridgehead atoms. The Morgan fingerprint density at radius 2 is 2.20 bits per heavy atom. The molecule has 1 unspecified atom stereocenters. The molecule has 0 fully saturated rings. The van der Waals surface area contributed by atoms with Gasteiger partial charge >= 0.3 is 0 Å². The van der Waals surface area contributed by atoms with E-state index in [1.54, 1.807) is 0 Å². The number of aliphatic imine (C=N–C) groups is 1. The molecule has 0 aromatic heterocycles. The maximum absolute atomic E-state index is 11.6. The second kappa shape index (κ2) is 3.73. The normalized spacial score (nSPS) is 28.9. The average Bonchev–Trinajstić information content (AvgIpc) is 2.23. The van der Waals surface area contributed by atoms with E-state index >= 15 is 0 Å². The van der Waals surface area contributed by atoms with Crippen molar-refractivity contribution >= 4 is 20.8 Å². The fourth-order valence-corrected chi connectivity index (χ4v) is 3.01. The molecule has 1 aliphatic heterocycles. The van der Waals surface area contributed by atoms with Gasteiger partial charge in [0.2, 0.25) is 9.84 Å². The van der Waals surface area contributed by atoms with E-state index in [9.17, 15) is 13.2 Å². The molecule has 0 aromatic rings. The van der Waals surface area contributed by atoms with Crippen LogP contribution in [0.4, 0.5) is 0 Å². The summed E-state index contributed by atoms with van der Waals surface area (Å²) in [5.41, 5.74) is 0. The Morgan fingerprint density at radius 3 is 2.87 bits per heavy atom. The van der Waals surface area contributed by atoms with Gasteiger partial charge in [-0.2, -0.15) is 0 Å². The molecular weight excluding hydrogens is 214 g/mol. The third-order valence-electron chi connectivity index (χ3n) is 2.47. The maximum Gasteiger partial charge on any atom is 0.271 e. The molecule has 80 valence electrons. The monoisotopic (exact) mass is 225 g/mol. The topological polar surface area (TPSA) is 63.6 Å². The Bertz CT molecular complexity index is 471. The van der Waals surface area contributed by atoms with Crippen LogP contribution in [0.15, 0.2) is 28.6 Å². The summed E-state index contributed by atoms with van der Waals surface area (Å²) in [5.74, 6) is -0.712. The highest BCUT2D eigenvalue weighted by atomic mass is 32.2. The Hall–Kier alpha value is -1.23. The first-order valence-electron chi connectivity index (χ1n) is 4.82. The van der Waals surface area contributed by atoms with Crippen molar-refractivity contribution in [3.63, 3.8) is 0 Å². The molecule has 2 aliphatic rings. The van der Waals surface area contributed by atoms with Gasteiger partial charge in [0.1, 0.15) is 5.04 Å². The number of rotatable bonds is 1. The van der Waals surface area contributed by atoms with Gasteiger partial charge in [-0.05, 0) is 19.3 Å². The zero-order chi connectivity index (χ0) is 10.9. The highest BCUT2D eigenvalue weighted by Crippen LogP contribution is 2.23. The second-order valence-electron chi connectivity index (χ2n) is 3.60. The Balaban J connectivity index is 2.38. The number of nitrogens with zero attached hydrogens (tertiary/aromatic N) is 1. The van der Waals surface area contributed by atoms with Crippen LogP contribution in [0.1, 0.15) is 19.3 Å². The molecule has 5 heteroatoms. The van der Waals surface area contributed by atoms with Gasteiger partial charge in [-0.25, -0.2) is 13.4 Å². The summed E-state index contributed by atoms with van der Waals surface area (Å²) in [4.78, 5) is 14.7. The van der Waals surface area contributed by atoms with Crippen LogP contribution >= 0.6 is 0 Å². The summed E-state index contributed by atoms with van der Waals surface area (Å²) in [6, 6.07) is 0. The van der Waals surface area contributed by atoms with Gasteiger partial charge in [0, 0.05) is 17.4 Å². The number of carbonyl (C=O) groups is 1. The molecule has 2 rings (SSSR count). The van der Waals surface area contributed by atoms with Gasteiger partial charge in [0.05, 0.1) is 0 Å². The SMILES string of the molecule is O=C1C=CS(=O)(=O)C(C2C=CCCC2)=N1. The fourth-order valence-electron chi connectivity index (χ4n) is 1.74. The lowest BCUT2D eigenvalue weighted by Crippen LogP contribution is -2.26. The van der Waals surface area contributed by atoms with Crippen LogP contribution < -0.4 is 0 Å². The number of hydrogen-bond acceptors (Lipinski definition) is 3. The van der Waals surface area contributed by atoms with Gasteiger partial charge in [-0.15, -0.1) is 0 Å². The number of amides is 1. The van der Waals surface area contributed by atoms with Gasteiger partial charge in [0.25, 0.3) is 5.91 Å². The summed E-state index contributed by atoms with van der Waals surface area (Å²) in [7, 11) is -3.46. The quantitative estimate of drug-likeness (QED) is 0.630. The van der Waals surface area contributed by atoms with E-state index in [1.807, 2.05) is 12.2 Å². The maximum atomic E-state index is 11.6. The fraction of sp³-hybridized carbons (Fsp3) is 0.400. The van der Waals surface area contributed by atoms with E-state index in [4.69, 9.17) is 0 Å². The number of sulfone groups is 1. The molecule has 1 atom stereocenters. The lowest BCUT2D eigenvalue weighted by Gasteiger charge is -2.18. The van der Waals surface area contributed by atoms with Crippen molar-refractivity contribution < 1.29 is 13.2 Å². The second-order valence-corrected chi connectivity index (χ2v) is 5.38. The summed E-state index contributed by atoms with van der Waals surface area (Å²) in [6.45, 7) is 0. The van der Waals surface area contributed by atoms with Crippen molar-refractivity contribution in [3.05, 3.63) is 23.6 Å². The first kappa shape index (κ1) is 10.3. The summed E-state index contributed by atoms with van der Waals surface area (Å²) < 4.78 is 23.2. The van der Waals surface area contributed by atoms with Crippen LogP contribution in [0.3, 0.4) is 0 Å². The smallest absolute Gasteiger partial charge is 0.267 e. The minimum atomic E-state index is -3.46. The van der Waals surface area contributed by atoms with Crippen LogP contribution in [-0.2, 0) is 14.6 Å². The first-order chi connectivity index (χ1) is 7.09. The van der Waals surface area contributed by atoms with Crippen molar-refractivity contribution in [2.75, 3.05) is 0 Å². The van der Waals surface area contributed by atoms with Crippen LogP contribution in [0.25, 0.3) is 0 Å². The van der Waals surface area contributed by atoms with Crippen molar-refractivity contribution in [1.82, 2.24) is 0 Å². The van der Waals surface area contributed by atoms with E-state index < -0.39 is 15.7 Å². The molecule has 0 aromatic carbocycles. The van der Waals surface area contributed by atoms with Gasteiger partial charge < -0.3 is 0 Å². The standard InChI is InChI=1S/C10H11NO3S/c12-9-6-7-15(13,14)10(11-9)8-4-2-1-3-5-8/h2,4,6-8H,1,3,5H2. The van der Waals surface area contributed by atoms with Crippen LogP contribution in [0.2, 0.25) is 0 Å². The highest BCUT2D eigenvalue weighted by molar-refractivity contribution is 8.09. The Morgan fingerprint density at radius 1 is 1.40 bits per heavy atom. The minimum Gasteiger partial charge on any atom is -0.267 e. The molecule has 0 spiro atoms. The van der Waals surface area contributed by atoms with Crippen LogP contribution in [0, 0.1) is 5.92 Å².